The lowest BCUT2D eigenvalue weighted by Crippen LogP contribution is -2.31. The fraction of sp³-hybridized carbons (Fsp3) is 0.348. The van der Waals surface area contributed by atoms with Crippen molar-refractivity contribution in [3.05, 3.63) is 46.8 Å². The average Bonchev–Trinajstić information content (AvgIpc) is 3.09. The number of ketones is 1. The average molecular weight is 554 g/mol. The standard InChI is InChI=1S/C23H25F6N3O4S/c1-5-35-19-9-15-11-32(23(30)20(15)21(24)22(19)36-6-2)12-18(34)14-7-16(31(4)13(3)33)10-17(8-14)37(25,26,27,28)29/h7-10,30H,5-6,11-12H2,1-4H3. The molecule has 0 aliphatic carbocycles. The Hall–Kier alpha value is -3.42. The molecule has 37 heavy (non-hydrogen) atoms. The maximum Gasteiger partial charge on any atom is 0.310 e. The molecule has 0 atom stereocenters. The number of amides is 1. The molecule has 2 aromatic carbocycles. The molecule has 2 aromatic rings. The summed E-state index contributed by atoms with van der Waals surface area (Å²) in [6, 6.07) is 2.45. The molecule has 1 heterocycles. The molecule has 1 N–H and O–H groups in total. The van der Waals surface area contributed by atoms with E-state index >= 15 is 4.39 Å². The number of Topliss-reactive ketones (excluding diaryl/α,β-unsaturated/α-hetero) is 1. The zero-order valence-corrected chi connectivity index (χ0v) is 21.2. The first-order valence-corrected chi connectivity index (χ1v) is 12.9. The Kier molecular flexibility index (Phi) is 6.74. The summed E-state index contributed by atoms with van der Waals surface area (Å²) in [5.74, 6) is -3.26. The summed E-state index contributed by atoms with van der Waals surface area (Å²) in [7, 11) is -9.15. The number of rotatable bonds is 9. The molecule has 0 spiro atoms. The van der Waals surface area contributed by atoms with Crippen molar-refractivity contribution in [2.24, 2.45) is 0 Å². The van der Waals surface area contributed by atoms with Crippen LogP contribution in [0.15, 0.2) is 29.2 Å². The molecular weight excluding hydrogens is 528 g/mol. The summed E-state index contributed by atoms with van der Waals surface area (Å²) in [4.78, 5) is 24.1. The second-order valence-electron chi connectivity index (χ2n) is 8.31. The van der Waals surface area contributed by atoms with E-state index in [9.17, 15) is 29.0 Å². The highest BCUT2D eigenvalue weighted by molar-refractivity contribution is 8.45. The molecule has 1 amide bonds. The summed E-state index contributed by atoms with van der Waals surface area (Å²) in [5.41, 5.74) is -1.20. The summed E-state index contributed by atoms with van der Waals surface area (Å²) in [6.07, 6.45) is 0. The molecule has 0 saturated heterocycles. The van der Waals surface area contributed by atoms with Crippen molar-refractivity contribution in [1.82, 2.24) is 4.90 Å². The van der Waals surface area contributed by atoms with E-state index in [1.807, 2.05) is 0 Å². The molecular formula is C23H25F6N3O4S. The topological polar surface area (TPSA) is 82.9 Å². The Morgan fingerprint density at radius 2 is 1.68 bits per heavy atom. The highest BCUT2D eigenvalue weighted by Gasteiger charge is 2.65. The van der Waals surface area contributed by atoms with Gasteiger partial charge in [0, 0.05) is 31.8 Å². The molecule has 1 aliphatic heterocycles. The number of fused-ring (bicyclic) bond motifs is 1. The molecule has 1 aliphatic rings. The highest BCUT2D eigenvalue weighted by atomic mass is 32.5. The highest BCUT2D eigenvalue weighted by Crippen LogP contribution is 3.02. The van der Waals surface area contributed by atoms with E-state index in [1.54, 1.807) is 13.8 Å². The zero-order chi connectivity index (χ0) is 28.0. The SMILES string of the molecule is CCOc1cc2c(c(F)c1OCC)C(=N)N(CC(=O)c1cc(N(C)C(C)=O)cc(S(F)(F)(F)(F)F)c1)C2. The van der Waals surface area contributed by atoms with Crippen LogP contribution in [0, 0.1) is 11.2 Å². The smallest absolute Gasteiger partial charge is 0.310 e. The van der Waals surface area contributed by atoms with Gasteiger partial charge in [0.1, 0.15) is 10.7 Å². The second kappa shape index (κ2) is 8.85. The summed E-state index contributed by atoms with van der Waals surface area (Å²) in [5, 5.41) is 8.35. The van der Waals surface area contributed by atoms with Gasteiger partial charge in [-0.15, -0.1) is 0 Å². The minimum absolute atomic E-state index is 0.0230. The van der Waals surface area contributed by atoms with E-state index in [0.29, 0.717) is 4.90 Å². The lowest BCUT2D eigenvalue weighted by molar-refractivity contribution is -0.116. The number of carbonyl (C=O) groups excluding carboxylic acids is 2. The normalized spacial score (nSPS) is 15.1. The molecule has 0 aromatic heterocycles. The van der Waals surface area contributed by atoms with Gasteiger partial charge in [-0.1, -0.05) is 19.4 Å². The third-order valence-corrected chi connectivity index (χ3v) is 6.75. The van der Waals surface area contributed by atoms with Crippen molar-refractivity contribution >= 4 is 33.4 Å². The Labute approximate surface area is 209 Å². The largest absolute Gasteiger partial charge is 0.490 e. The first-order chi connectivity index (χ1) is 16.9. The van der Waals surface area contributed by atoms with Crippen LogP contribution in [0.4, 0.5) is 29.5 Å². The van der Waals surface area contributed by atoms with Gasteiger partial charge in [0.2, 0.25) is 5.91 Å². The van der Waals surface area contributed by atoms with Gasteiger partial charge < -0.3 is 19.3 Å². The Morgan fingerprint density at radius 3 is 2.22 bits per heavy atom. The number of ether oxygens (including phenoxy) is 2. The number of benzene rings is 2. The van der Waals surface area contributed by atoms with E-state index in [1.165, 1.54) is 6.07 Å². The molecule has 3 rings (SSSR count). The van der Waals surface area contributed by atoms with Crippen LogP contribution in [0.5, 0.6) is 11.5 Å². The maximum absolute atomic E-state index is 15.2. The monoisotopic (exact) mass is 553 g/mol. The van der Waals surface area contributed by atoms with Crippen LogP contribution < -0.4 is 14.4 Å². The van der Waals surface area contributed by atoms with Crippen LogP contribution in [0.3, 0.4) is 0 Å². The van der Waals surface area contributed by atoms with Crippen molar-refractivity contribution in [3.8, 4) is 11.5 Å². The Bertz CT molecular complexity index is 1300. The van der Waals surface area contributed by atoms with Gasteiger partial charge >= 0.3 is 10.2 Å². The second-order valence-corrected chi connectivity index (χ2v) is 10.7. The van der Waals surface area contributed by atoms with Crippen molar-refractivity contribution in [3.63, 3.8) is 0 Å². The van der Waals surface area contributed by atoms with E-state index in [-0.39, 0.29) is 54.5 Å². The molecule has 0 bridgehead atoms. The number of anilines is 1. The number of nitrogens with one attached hydrogen (secondary N) is 1. The zero-order valence-electron chi connectivity index (χ0n) is 20.3. The number of halogens is 6. The molecule has 14 heteroatoms. The summed E-state index contributed by atoms with van der Waals surface area (Å²) < 4.78 is 93.9. The van der Waals surface area contributed by atoms with Crippen LogP contribution in [-0.4, -0.2) is 49.2 Å². The fourth-order valence-corrected chi connectivity index (χ4v) is 4.46. The summed E-state index contributed by atoms with van der Waals surface area (Å²) in [6.45, 7) is 3.72. The van der Waals surface area contributed by atoms with Crippen LogP contribution in [0.25, 0.3) is 0 Å². The maximum atomic E-state index is 15.2. The van der Waals surface area contributed by atoms with E-state index in [4.69, 9.17) is 14.9 Å². The number of amidine groups is 1. The first kappa shape index (κ1) is 28.2. The van der Waals surface area contributed by atoms with E-state index < -0.39 is 56.3 Å². The lowest BCUT2D eigenvalue weighted by Gasteiger charge is -2.41. The molecule has 0 radical (unpaired) electrons. The van der Waals surface area contributed by atoms with Crippen molar-refractivity contribution in [2.75, 3.05) is 31.7 Å². The van der Waals surface area contributed by atoms with Gasteiger partial charge in [0.05, 0.1) is 25.3 Å². The van der Waals surface area contributed by atoms with Gasteiger partial charge in [0.15, 0.2) is 23.1 Å². The molecule has 0 unspecified atom stereocenters. The number of carbonyl (C=O) groups is 2. The predicted molar refractivity (Wildman–Crippen MR) is 127 cm³/mol. The first-order valence-electron chi connectivity index (χ1n) is 11.0. The van der Waals surface area contributed by atoms with E-state index in [0.717, 1.165) is 24.9 Å². The van der Waals surface area contributed by atoms with Gasteiger partial charge in [-0.25, -0.2) is 4.39 Å². The quantitative estimate of drug-likeness (QED) is 0.292. The third-order valence-electron chi connectivity index (χ3n) is 5.62. The molecule has 7 nitrogen and oxygen atoms in total. The van der Waals surface area contributed by atoms with Crippen molar-refractivity contribution in [1.29, 1.82) is 5.41 Å². The number of nitrogens with zero attached hydrogens (tertiary/aromatic N) is 2. The summed E-state index contributed by atoms with van der Waals surface area (Å²) >= 11 is 0. The van der Waals surface area contributed by atoms with Gasteiger partial charge in [-0.05, 0) is 43.7 Å². The minimum atomic E-state index is -10.2. The number of hydrogen-bond donors (Lipinski definition) is 1. The lowest BCUT2D eigenvalue weighted by atomic mass is 10.1. The predicted octanol–water partition coefficient (Wildman–Crippen LogP) is 6.29. The van der Waals surface area contributed by atoms with Gasteiger partial charge in [-0.2, -0.15) is 0 Å². The van der Waals surface area contributed by atoms with Gasteiger partial charge in [0.25, 0.3) is 0 Å². The molecule has 204 valence electrons. The third kappa shape index (κ3) is 5.78. The number of hydrogen-bond acceptors (Lipinski definition) is 5. The van der Waals surface area contributed by atoms with Crippen LogP contribution >= 0.6 is 10.2 Å². The molecule has 0 saturated carbocycles. The van der Waals surface area contributed by atoms with Crippen LogP contribution in [0.2, 0.25) is 0 Å². The van der Waals surface area contributed by atoms with Crippen molar-refractivity contribution in [2.45, 2.75) is 32.2 Å². The van der Waals surface area contributed by atoms with Crippen LogP contribution in [0.1, 0.15) is 42.3 Å². The van der Waals surface area contributed by atoms with E-state index in [2.05, 4.69) is 0 Å². The minimum Gasteiger partial charge on any atom is -0.490 e. The van der Waals surface area contributed by atoms with Gasteiger partial charge in [-0.3, -0.25) is 15.0 Å². The Morgan fingerprint density at radius 1 is 1.05 bits per heavy atom. The van der Waals surface area contributed by atoms with Crippen molar-refractivity contribution < 1.29 is 42.9 Å². The van der Waals surface area contributed by atoms with Crippen LogP contribution in [-0.2, 0) is 11.3 Å². The Balaban J connectivity index is 2.00. The fourth-order valence-electron chi connectivity index (χ4n) is 3.77. The molecule has 0 fully saturated rings.